The maximum absolute atomic E-state index is 13.8. The van der Waals surface area contributed by atoms with E-state index in [1.54, 1.807) is 36.1 Å². The molecule has 31 heavy (non-hydrogen) atoms. The van der Waals surface area contributed by atoms with Crippen LogP contribution in [0.25, 0.3) is 0 Å². The molecule has 6 nitrogen and oxygen atoms in total. The SMILES string of the molecule is CC(=O)[C@H]1CCCN(C(=O)C[C@@]2(c3ccccc3Cl)CC(=O)N(C3CCCC3)C2=O)C1. The summed E-state index contributed by atoms with van der Waals surface area (Å²) in [5.41, 5.74) is -0.734. The number of carbonyl (C=O) groups is 4. The summed E-state index contributed by atoms with van der Waals surface area (Å²) in [6, 6.07) is 6.94. The maximum Gasteiger partial charge on any atom is 0.241 e. The smallest absolute Gasteiger partial charge is 0.241 e. The van der Waals surface area contributed by atoms with Gasteiger partial charge in [0.2, 0.25) is 17.7 Å². The molecule has 0 spiro atoms. The largest absolute Gasteiger partial charge is 0.342 e. The van der Waals surface area contributed by atoms with Crippen LogP contribution in [0.2, 0.25) is 5.02 Å². The molecule has 1 aromatic carbocycles. The molecule has 2 heterocycles. The molecule has 0 N–H and O–H groups in total. The standard InChI is InChI=1S/C24H29ClN2O4/c1-16(28)17-7-6-12-26(15-17)21(29)13-24(19-10-4-5-11-20(19)25)14-22(30)27(23(24)31)18-8-2-3-9-18/h4-5,10-11,17-18H,2-3,6-9,12-15H2,1H3/t17-,24-/m0/s1. The van der Waals surface area contributed by atoms with Gasteiger partial charge >= 0.3 is 0 Å². The molecule has 2 saturated heterocycles. The van der Waals surface area contributed by atoms with Crippen molar-refractivity contribution < 1.29 is 19.2 Å². The number of halogens is 1. The van der Waals surface area contributed by atoms with Gasteiger partial charge in [0.1, 0.15) is 5.78 Å². The van der Waals surface area contributed by atoms with Crippen LogP contribution in [-0.4, -0.2) is 52.4 Å². The first kappa shape index (κ1) is 22.0. The second kappa shape index (κ2) is 8.73. The van der Waals surface area contributed by atoms with Crippen molar-refractivity contribution in [1.29, 1.82) is 0 Å². The quantitative estimate of drug-likeness (QED) is 0.651. The third-order valence-corrected chi connectivity index (χ3v) is 7.56. The van der Waals surface area contributed by atoms with E-state index in [1.807, 2.05) is 0 Å². The van der Waals surface area contributed by atoms with E-state index in [2.05, 4.69) is 0 Å². The van der Waals surface area contributed by atoms with Gasteiger partial charge in [0.15, 0.2) is 0 Å². The van der Waals surface area contributed by atoms with E-state index >= 15 is 0 Å². The Kier molecular flexibility index (Phi) is 6.20. The molecule has 3 aliphatic rings. The Morgan fingerprint density at radius 1 is 1.10 bits per heavy atom. The zero-order valence-corrected chi connectivity index (χ0v) is 18.7. The Morgan fingerprint density at radius 2 is 1.81 bits per heavy atom. The van der Waals surface area contributed by atoms with Crippen molar-refractivity contribution in [3.05, 3.63) is 34.9 Å². The zero-order valence-electron chi connectivity index (χ0n) is 17.9. The lowest BCUT2D eigenvalue weighted by Crippen LogP contribution is -2.48. The molecule has 3 amide bonds. The molecule has 4 rings (SSSR count). The van der Waals surface area contributed by atoms with Crippen molar-refractivity contribution in [2.75, 3.05) is 13.1 Å². The van der Waals surface area contributed by atoms with E-state index < -0.39 is 5.41 Å². The molecular formula is C24H29ClN2O4. The molecular weight excluding hydrogens is 416 g/mol. The fraction of sp³-hybridized carbons (Fsp3) is 0.583. The molecule has 1 saturated carbocycles. The first-order chi connectivity index (χ1) is 14.8. The molecule has 7 heteroatoms. The zero-order chi connectivity index (χ0) is 22.2. The third-order valence-electron chi connectivity index (χ3n) is 7.23. The van der Waals surface area contributed by atoms with Crippen LogP contribution in [0.4, 0.5) is 0 Å². The van der Waals surface area contributed by atoms with Gasteiger partial charge in [0.25, 0.3) is 0 Å². The van der Waals surface area contributed by atoms with Crippen LogP contribution in [0, 0.1) is 5.92 Å². The summed E-state index contributed by atoms with van der Waals surface area (Å²) in [6.45, 7) is 2.50. The number of piperidine rings is 1. The average molecular weight is 445 g/mol. The monoisotopic (exact) mass is 444 g/mol. The summed E-state index contributed by atoms with van der Waals surface area (Å²) in [6.07, 6.45) is 5.03. The minimum Gasteiger partial charge on any atom is -0.342 e. The predicted molar refractivity (Wildman–Crippen MR) is 116 cm³/mol. The fourth-order valence-electron chi connectivity index (χ4n) is 5.49. The third kappa shape index (κ3) is 4.02. The summed E-state index contributed by atoms with van der Waals surface area (Å²) < 4.78 is 0. The number of nitrogens with zero attached hydrogens (tertiary/aromatic N) is 2. The Hall–Kier alpha value is -2.21. The highest BCUT2D eigenvalue weighted by molar-refractivity contribution is 6.32. The first-order valence-electron chi connectivity index (χ1n) is 11.2. The number of likely N-dealkylation sites (tertiary alicyclic amines) is 2. The number of benzene rings is 1. The van der Waals surface area contributed by atoms with Gasteiger partial charge < -0.3 is 4.90 Å². The van der Waals surface area contributed by atoms with Crippen molar-refractivity contribution in [3.8, 4) is 0 Å². The van der Waals surface area contributed by atoms with Gasteiger partial charge in [-0.3, -0.25) is 24.1 Å². The Labute approximate surface area is 187 Å². The van der Waals surface area contributed by atoms with Gasteiger partial charge in [-0.1, -0.05) is 42.6 Å². The molecule has 0 radical (unpaired) electrons. The Bertz CT molecular complexity index is 911. The number of carbonyl (C=O) groups excluding carboxylic acids is 4. The van der Waals surface area contributed by atoms with Gasteiger partial charge in [-0.15, -0.1) is 0 Å². The van der Waals surface area contributed by atoms with Crippen molar-refractivity contribution >= 4 is 35.1 Å². The summed E-state index contributed by atoms with van der Waals surface area (Å²) in [4.78, 5) is 55.2. The predicted octanol–water partition coefficient (Wildman–Crippen LogP) is 3.50. The van der Waals surface area contributed by atoms with E-state index in [9.17, 15) is 19.2 Å². The molecule has 3 fully saturated rings. The minimum atomic E-state index is -1.28. The van der Waals surface area contributed by atoms with Crippen LogP contribution >= 0.6 is 11.6 Å². The van der Waals surface area contributed by atoms with Gasteiger partial charge in [-0.2, -0.15) is 0 Å². The molecule has 0 bridgehead atoms. The molecule has 0 unspecified atom stereocenters. The van der Waals surface area contributed by atoms with Crippen molar-refractivity contribution in [2.24, 2.45) is 5.92 Å². The van der Waals surface area contributed by atoms with Crippen LogP contribution in [0.5, 0.6) is 0 Å². The highest BCUT2D eigenvalue weighted by Crippen LogP contribution is 2.45. The van der Waals surface area contributed by atoms with E-state index in [-0.39, 0.29) is 48.3 Å². The second-order valence-corrected chi connectivity index (χ2v) is 9.62. The van der Waals surface area contributed by atoms with Crippen LogP contribution in [-0.2, 0) is 24.6 Å². The van der Waals surface area contributed by atoms with Gasteiger partial charge in [0, 0.05) is 42.9 Å². The van der Waals surface area contributed by atoms with Crippen LogP contribution in [0.3, 0.4) is 0 Å². The number of amides is 3. The average Bonchev–Trinajstić information content (AvgIpc) is 3.35. The lowest BCUT2D eigenvalue weighted by Gasteiger charge is -2.35. The van der Waals surface area contributed by atoms with Crippen molar-refractivity contribution in [2.45, 2.75) is 69.7 Å². The maximum atomic E-state index is 13.8. The highest BCUT2D eigenvalue weighted by atomic mass is 35.5. The fourth-order valence-corrected chi connectivity index (χ4v) is 5.81. The summed E-state index contributed by atoms with van der Waals surface area (Å²) in [5.74, 6) is -0.793. The van der Waals surface area contributed by atoms with Crippen LogP contribution < -0.4 is 0 Å². The number of ketones is 1. The van der Waals surface area contributed by atoms with Gasteiger partial charge in [-0.05, 0) is 44.2 Å². The first-order valence-corrected chi connectivity index (χ1v) is 11.6. The van der Waals surface area contributed by atoms with E-state index in [1.165, 1.54) is 4.90 Å². The molecule has 166 valence electrons. The minimum absolute atomic E-state index is 0.0399. The summed E-state index contributed by atoms with van der Waals surface area (Å²) in [5, 5.41) is 0.393. The van der Waals surface area contributed by atoms with Crippen molar-refractivity contribution in [1.82, 2.24) is 9.80 Å². The van der Waals surface area contributed by atoms with Gasteiger partial charge in [0.05, 0.1) is 5.41 Å². The summed E-state index contributed by atoms with van der Waals surface area (Å²) >= 11 is 6.50. The lowest BCUT2D eigenvalue weighted by atomic mass is 9.75. The van der Waals surface area contributed by atoms with Gasteiger partial charge in [-0.25, -0.2) is 0 Å². The number of hydrogen-bond acceptors (Lipinski definition) is 4. The molecule has 1 aromatic rings. The Balaban J connectivity index is 1.67. The lowest BCUT2D eigenvalue weighted by molar-refractivity contribution is -0.145. The van der Waals surface area contributed by atoms with E-state index in [0.29, 0.717) is 23.7 Å². The van der Waals surface area contributed by atoms with E-state index in [4.69, 9.17) is 11.6 Å². The molecule has 1 aliphatic carbocycles. The molecule has 2 atom stereocenters. The van der Waals surface area contributed by atoms with Crippen molar-refractivity contribution in [3.63, 3.8) is 0 Å². The normalized spacial score (nSPS) is 27.2. The van der Waals surface area contributed by atoms with Crippen LogP contribution in [0.1, 0.15) is 63.9 Å². The van der Waals surface area contributed by atoms with E-state index in [0.717, 1.165) is 38.5 Å². The highest BCUT2D eigenvalue weighted by Gasteiger charge is 2.56. The Morgan fingerprint density at radius 3 is 2.48 bits per heavy atom. The summed E-state index contributed by atoms with van der Waals surface area (Å²) in [7, 11) is 0. The molecule has 2 aliphatic heterocycles. The number of hydrogen-bond donors (Lipinski definition) is 0. The van der Waals surface area contributed by atoms with Crippen LogP contribution in [0.15, 0.2) is 24.3 Å². The number of Topliss-reactive ketones (excluding diaryl/α,β-unsaturated/α-hetero) is 1. The number of rotatable bonds is 5. The topological polar surface area (TPSA) is 74.8 Å². The number of imide groups is 1. The molecule has 0 aromatic heterocycles. The second-order valence-electron chi connectivity index (χ2n) is 9.21.